The summed E-state index contributed by atoms with van der Waals surface area (Å²) in [5.74, 6) is 6.64. The number of pyridine rings is 1. The van der Waals surface area contributed by atoms with Crippen LogP contribution in [0.15, 0.2) is 91.1 Å². The fourth-order valence-electron chi connectivity index (χ4n) is 5.84. The summed E-state index contributed by atoms with van der Waals surface area (Å²) in [5.41, 5.74) is 13.0. The quantitative estimate of drug-likeness (QED) is 0.0619. The van der Waals surface area contributed by atoms with Crippen molar-refractivity contribution in [2.75, 3.05) is 19.7 Å². The van der Waals surface area contributed by atoms with E-state index >= 15 is 0 Å². The SMILES string of the molecule is C#C.Cc1ccccc1.N/C=[N+](\N)c1ccc(Cl)cc1-c1ccc(Cc2cccc(C3CCN(C(=O)C4CCCO4)CC3)c2)nc1. The van der Waals surface area contributed by atoms with Gasteiger partial charge < -0.3 is 9.64 Å². The number of hydrogen-bond acceptors (Lipinski definition) is 4. The highest BCUT2D eigenvalue weighted by Crippen LogP contribution is 2.32. The summed E-state index contributed by atoms with van der Waals surface area (Å²) < 4.78 is 6.96. The Labute approximate surface area is 277 Å². The van der Waals surface area contributed by atoms with E-state index in [2.05, 4.69) is 56.2 Å². The predicted molar refractivity (Wildman–Crippen MR) is 187 cm³/mol. The molecule has 0 aliphatic carbocycles. The van der Waals surface area contributed by atoms with E-state index in [4.69, 9.17) is 32.9 Å². The van der Waals surface area contributed by atoms with E-state index in [0.29, 0.717) is 17.5 Å². The van der Waals surface area contributed by atoms with Crippen LogP contribution in [0.25, 0.3) is 11.1 Å². The molecule has 238 valence electrons. The highest BCUT2D eigenvalue weighted by molar-refractivity contribution is 6.31. The maximum atomic E-state index is 12.7. The number of benzene rings is 3. The molecule has 1 unspecified atom stereocenters. The molecule has 0 saturated carbocycles. The van der Waals surface area contributed by atoms with E-state index < -0.39 is 0 Å². The van der Waals surface area contributed by atoms with Crippen molar-refractivity contribution < 1.29 is 14.2 Å². The first kappa shape index (κ1) is 34.2. The highest BCUT2D eigenvalue weighted by atomic mass is 35.5. The van der Waals surface area contributed by atoms with E-state index in [9.17, 15) is 4.79 Å². The van der Waals surface area contributed by atoms with Crippen molar-refractivity contribution in [1.82, 2.24) is 9.88 Å². The fraction of sp³-hybridized carbons (Fsp3) is 0.289. The van der Waals surface area contributed by atoms with Crippen molar-refractivity contribution in [3.05, 3.63) is 119 Å². The van der Waals surface area contributed by atoms with Crippen molar-refractivity contribution in [2.24, 2.45) is 11.6 Å². The number of piperidine rings is 1. The lowest BCUT2D eigenvalue weighted by Gasteiger charge is -2.33. The minimum absolute atomic E-state index is 0.171. The lowest BCUT2D eigenvalue weighted by Crippen LogP contribution is -2.43. The number of amides is 1. The first-order valence-corrected chi connectivity index (χ1v) is 16.0. The molecule has 0 radical (unpaired) electrons. The summed E-state index contributed by atoms with van der Waals surface area (Å²) in [6.45, 7) is 4.38. The van der Waals surface area contributed by atoms with Crippen molar-refractivity contribution in [3.63, 3.8) is 0 Å². The van der Waals surface area contributed by atoms with Crippen molar-refractivity contribution >= 4 is 29.5 Å². The molecule has 2 saturated heterocycles. The van der Waals surface area contributed by atoms with Gasteiger partial charge in [0, 0.05) is 54.2 Å². The summed E-state index contributed by atoms with van der Waals surface area (Å²) in [6, 6.07) is 28.6. The van der Waals surface area contributed by atoms with Gasteiger partial charge in [-0.05, 0) is 73.9 Å². The number of carbonyl (C=O) groups excluding carboxylic acids is 1. The number of nitrogens with two attached hydrogens (primary N) is 2. The van der Waals surface area contributed by atoms with E-state index in [1.807, 2.05) is 53.6 Å². The van der Waals surface area contributed by atoms with Crippen LogP contribution in [0.1, 0.15) is 54.0 Å². The molecular weight excluding hydrogens is 594 g/mol. The van der Waals surface area contributed by atoms with Gasteiger partial charge in [-0.1, -0.05) is 77.8 Å². The number of carbonyl (C=O) groups is 1. The lowest BCUT2D eigenvalue weighted by atomic mass is 9.88. The Hall–Kier alpha value is -4.64. The molecule has 4 aromatic rings. The molecule has 0 spiro atoms. The molecule has 8 heteroatoms. The number of hydrazine groups is 1. The lowest BCUT2D eigenvalue weighted by molar-refractivity contribution is -0.447. The molecule has 3 aromatic carbocycles. The van der Waals surface area contributed by atoms with Gasteiger partial charge in [0.25, 0.3) is 12.2 Å². The van der Waals surface area contributed by atoms with Crippen molar-refractivity contribution in [2.45, 2.75) is 51.0 Å². The summed E-state index contributed by atoms with van der Waals surface area (Å²) in [4.78, 5) is 19.4. The molecule has 7 nitrogen and oxygen atoms in total. The van der Waals surface area contributed by atoms with E-state index in [1.165, 1.54) is 27.7 Å². The van der Waals surface area contributed by atoms with Crippen LogP contribution in [0, 0.1) is 19.8 Å². The highest BCUT2D eigenvalue weighted by Gasteiger charge is 2.31. The Bertz CT molecular complexity index is 1610. The zero-order chi connectivity index (χ0) is 32.9. The number of ether oxygens (including phenoxy) is 1. The van der Waals surface area contributed by atoms with Gasteiger partial charge in [0.15, 0.2) is 5.69 Å². The van der Waals surface area contributed by atoms with E-state index in [-0.39, 0.29) is 12.0 Å². The monoisotopic (exact) mass is 636 g/mol. The summed E-state index contributed by atoms with van der Waals surface area (Å²) >= 11 is 6.24. The second-order valence-electron chi connectivity index (χ2n) is 11.4. The molecule has 0 bridgehead atoms. The normalized spacial score (nSPS) is 16.5. The minimum atomic E-state index is -0.225. The Kier molecular flexibility index (Phi) is 12.8. The van der Waals surface area contributed by atoms with Crippen LogP contribution < -0.4 is 11.6 Å². The predicted octanol–water partition coefficient (Wildman–Crippen LogP) is 6.63. The Morgan fingerprint density at radius 1 is 1.02 bits per heavy atom. The summed E-state index contributed by atoms with van der Waals surface area (Å²) in [6.07, 6.45) is 15.5. The molecular formula is C38H43ClN5O2+. The minimum Gasteiger partial charge on any atom is -0.368 e. The molecule has 2 fully saturated rings. The number of aryl methyl sites for hydroxylation is 1. The van der Waals surface area contributed by atoms with Crippen LogP contribution in [0.4, 0.5) is 5.69 Å². The summed E-state index contributed by atoms with van der Waals surface area (Å²) in [5, 5.41) is 0.618. The number of halogens is 1. The third-order valence-corrected chi connectivity index (χ3v) is 8.53. The number of terminal acetylenes is 1. The van der Waals surface area contributed by atoms with Gasteiger partial charge in [-0.3, -0.25) is 21.4 Å². The zero-order valence-electron chi connectivity index (χ0n) is 26.4. The van der Waals surface area contributed by atoms with Gasteiger partial charge in [0.05, 0.1) is 0 Å². The standard InChI is InChI=1S/C29H32ClN5O2.C7H8.C2H2/c30-24-7-9-27(35(32)19-31)26(17-24)23-6-8-25(33-18-23)16-20-3-1-4-22(15-20)21-10-12-34(13-11-21)29(36)28-5-2-14-37-28;1-7-5-3-2-4-6-7;1-2/h1,3-4,6-9,15,17-19,21,28,31H,2,5,10-14,16,32H2;2-6H,1H3;1-2H/p+1. The number of likely N-dealkylation sites (tertiary alicyclic amines) is 1. The van der Waals surface area contributed by atoms with Gasteiger partial charge in [0.2, 0.25) is 0 Å². The maximum Gasteiger partial charge on any atom is 0.258 e. The molecule has 46 heavy (non-hydrogen) atoms. The molecule has 3 heterocycles. The average molecular weight is 637 g/mol. The van der Waals surface area contributed by atoms with Gasteiger partial charge in [0.1, 0.15) is 6.10 Å². The molecule has 6 rings (SSSR count). The molecule has 1 aromatic heterocycles. The Morgan fingerprint density at radius 3 is 2.39 bits per heavy atom. The maximum absolute atomic E-state index is 12.7. The molecule has 2 aliphatic rings. The second-order valence-corrected chi connectivity index (χ2v) is 11.9. The van der Waals surface area contributed by atoms with Gasteiger partial charge in [-0.25, -0.2) is 0 Å². The Morgan fingerprint density at radius 2 is 1.78 bits per heavy atom. The first-order valence-electron chi connectivity index (χ1n) is 15.6. The van der Waals surface area contributed by atoms with E-state index in [1.54, 1.807) is 6.07 Å². The van der Waals surface area contributed by atoms with Crippen LogP contribution in [0.2, 0.25) is 5.02 Å². The van der Waals surface area contributed by atoms with Crippen LogP contribution in [0.5, 0.6) is 0 Å². The number of hydrazone groups is 1. The third kappa shape index (κ3) is 9.20. The summed E-state index contributed by atoms with van der Waals surface area (Å²) in [7, 11) is 0. The smallest absolute Gasteiger partial charge is 0.258 e. The van der Waals surface area contributed by atoms with Gasteiger partial charge in [-0.15, -0.1) is 17.5 Å². The zero-order valence-corrected chi connectivity index (χ0v) is 27.2. The van der Waals surface area contributed by atoms with Crippen molar-refractivity contribution in [3.8, 4) is 24.0 Å². The topological polar surface area (TPSA) is 97.5 Å². The number of nitrogens with zero attached hydrogens (tertiary/aromatic N) is 3. The second kappa shape index (κ2) is 17.2. The van der Waals surface area contributed by atoms with Gasteiger partial charge >= 0.3 is 0 Å². The van der Waals surface area contributed by atoms with Crippen LogP contribution in [0.3, 0.4) is 0 Å². The molecule has 1 atom stereocenters. The van der Waals surface area contributed by atoms with Crippen LogP contribution in [-0.2, 0) is 16.0 Å². The van der Waals surface area contributed by atoms with Gasteiger partial charge in [-0.2, -0.15) is 0 Å². The molecule has 4 N–H and O–H groups in total. The van der Waals surface area contributed by atoms with Crippen LogP contribution >= 0.6 is 11.6 Å². The van der Waals surface area contributed by atoms with Crippen LogP contribution in [-0.4, -0.2) is 52.6 Å². The first-order chi connectivity index (χ1) is 22.4. The number of hydrogen-bond donors (Lipinski definition) is 2. The average Bonchev–Trinajstić information content (AvgIpc) is 3.65. The number of rotatable bonds is 6. The number of aromatic nitrogens is 1. The largest absolute Gasteiger partial charge is 0.368 e. The molecule has 1 amide bonds. The third-order valence-electron chi connectivity index (χ3n) is 8.29. The van der Waals surface area contributed by atoms with Crippen molar-refractivity contribution in [1.29, 1.82) is 0 Å². The molecule has 2 aliphatic heterocycles. The Balaban J connectivity index is 0.000000466. The van der Waals surface area contributed by atoms with E-state index in [0.717, 1.165) is 67.7 Å². The fourth-order valence-corrected chi connectivity index (χ4v) is 6.02.